The molecule has 0 bridgehead atoms. The Morgan fingerprint density at radius 2 is 1.97 bits per heavy atom. The zero-order chi connectivity index (χ0) is 24.6. The summed E-state index contributed by atoms with van der Waals surface area (Å²) in [5.41, 5.74) is 0.942. The van der Waals surface area contributed by atoms with Crippen molar-refractivity contribution in [1.29, 1.82) is 0 Å². The van der Waals surface area contributed by atoms with Crippen LogP contribution in [0.15, 0.2) is 18.2 Å². The van der Waals surface area contributed by atoms with E-state index in [0.717, 1.165) is 11.8 Å². The Morgan fingerprint density at radius 1 is 1.30 bits per heavy atom. The summed E-state index contributed by atoms with van der Waals surface area (Å²) in [5.74, 6) is 1.89. The molecule has 0 aromatic heterocycles. The van der Waals surface area contributed by atoms with Gasteiger partial charge in [-0.1, -0.05) is 29.7 Å². The van der Waals surface area contributed by atoms with Crippen molar-refractivity contribution in [3.63, 3.8) is 0 Å². The van der Waals surface area contributed by atoms with Gasteiger partial charge in [-0.2, -0.15) is 4.31 Å². The molecule has 1 saturated heterocycles. The van der Waals surface area contributed by atoms with Crippen molar-refractivity contribution in [3.05, 3.63) is 28.8 Å². The van der Waals surface area contributed by atoms with Gasteiger partial charge in [0.25, 0.3) is 0 Å². The van der Waals surface area contributed by atoms with Crippen LogP contribution < -0.4 is 15.4 Å². The van der Waals surface area contributed by atoms with Crippen LogP contribution in [0.5, 0.6) is 5.75 Å². The lowest BCUT2D eigenvalue weighted by Crippen LogP contribution is -2.51. The summed E-state index contributed by atoms with van der Waals surface area (Å²) < 4.78 is 31.3. The zero-order valence-electron chi connectivity index (χ0n) is 19.1. The van der Waals surface area contributed by atoms with Crippen molar-refractivity contribution in [2.75, 3.05) is 46.1 Å². The van der Waals surface area contributed by atoms with Crippen molar-refractivity contribution in [3.8, 4) is 18.1 Å². The molecule has 0 spiro atoms. The fraction of sp³-hybridized carbons (Fsp3) is 0.545. The summed E-state index contributed by atoms with van der Waals surface area (Å²) >= 11 is 6.48. The molecule has 0 saturated carbocycles. The summed E-state index contributed by atoms with van der Waals surface area (Å²) in [6, 6.07) is 5.35. The lowest BCUT2D eigenvalue weighted by atomic mass is 10.00. The largest absolute Gasteiger partial charge is 0.495 e. The monoisotopic (exact) mass is 498 g/mol. The molecule has 1 atom stereocenters. The number of terminal acetylenes is 1. The second-order valence-electron chi connectivity index (χ2n) is 7.87. The lowest BCUT2D eigenvalue weighted by molar-refractivity contribution is -0.126. The van der Waals surface area contributed by atoms with E-state index in [0.29, 0.717) is 36.7 Å². The van der Waals surface area contributed by atoms with Crippen molar-refractivity contribution >= 4 is 33.4 Å². The molecule has 9 nitrogen and oxygen atoms in total. The number of nitrogens with zero attached hydrogens (tertiary/aromatic N) is 2. The van der Waals surface area contributed by atoms with Crippen LogP contribution in [0.3, 0.4) is 0 Å². The normalized spacial score (nSPS) is 16.1. The fourth-order valence-corrected chi connectivity index (χ4v) is 5.34. The summed E-state index contributed by atoms with van der Waals surface area (Å²) in [7, 11) is -2.06. The number of halogens is 1. The molecule has 1 unspecified atom stereocenters. The highest BCUT2D eigenvalue weighted by Gasteiger charge is 2.33. The Morgan fingerprint density at radius 3 is 2.55 bits per heavy atom. The van der Waals surface area contributed by atoms with Crippen LogP contribution in [-0.2, 0) is 19.6 Å². The number of hydrogen-bond donors (Lipinski definition) is 2. The van der Waals surface area contributed by atoms with E-state index in [-0.39, 0.29) is 31.7 Å². The van der Waals surface area contributed by atoms with E-state index in [1.54, 1.807) is 13.2 Å². The Balaban J connectivity index is 1.98. The summed E-state index contributed by atoms with van der Waals surface area (Å²) in [6.07, 6.45) is 7.29. The molecule has 182 valence electrons. The molecule has 0 radical (unpaired) electrons. The van der Waals surface area contributed by atoms with Crippen LogP contribution >= 0.6 is 11.6 Å². The number of hydrogen-bond acceptors (Lipinski definition) is 6. The lowest BCUT2D eigenvalue weighted by Gasteiger charge is -2.39. The van der Waals surface area contributed by atoms with E-state index in [9.17, 15) is 18.0 Å². The highest BCUT2D eigenvalue weighted by Crippen LogP contribution is 2.35. The van der Waals surface area contributed by atoms with Gasteiger partial charge in [0.05, 0.1) is 38.0 Å². The highest BCUT2D eigenvalue weighted by atomic mass is 35.5. The number of carbonyl (C=O) groups is 2. The predicted octanol–water partition coefficient (Wildman–Crippen LogP) is 1.00. The van der Waals surface area contributed by atoms with E-state index >= 15 is 0 Å². The van der Waals surface area contributed by atoms with Crippen LogP contribution in [0.1, 0.15) is 31.4 Å². The quantitative estimate of drug-likeness (QED) is 0.466. The molecule has 1 fully saturated rings. The van der Waals surface area contributed by atoms with Gasteiger partial charge >= 0.3 is 0 Å². The SMILES string of the molecule is C#CCNC(=O)CNC(=O)CN(C1CCN(C(C)c2cccc(OC)c2Cl)CC1)S(C)(=O)=O. The van der Waals surface area contributed by atoms with Crippen molar-refractivity contribution in [2.45, 2.75) is 31.8 Å². The van der Waals surface area contributed by atoms with Gasteiger partial charge in [0.2, 0.25) is 21.8 Å². The van der Waals surface area contributed by atoms with E-state index in [4.69, 9.17) is 22.8 Å². The smallest absolute Gasteiger partial charge is 0.240 e. The van der Waals surface area contributed by atoms with Gasteiger partial charge in [-0.05, 0) is 31.4 Å². The molecule has 1 aliphatic rings. The van der Waals surface area contributed by atoms with Crippen LogP contribution in [0, 0.1) is 12.3 Å². The van der Waals surface area contributed by atoms with E-state index in [1.165, 1.54) is 4.31 Å². The first kappa shape index (κ1) is 26.9. The number of amides is 2. The number of likely N-dealkylation sites (tertiary alicyclic amines) is 1. The third-order valence-corrected chi connectivity index (χ3v) is 7.36. The average Bonchev–Trinajstić information content (AvgIpc) is 2.79. The molecule has 11 heteroatoms. The average molecular weight is 499 g/mol. The van der Waals surface area contributed by atoms with Crippen molar-refractivity contribution in [2.24, 2.45) is 0 Å². The number of piperidine rings is 1. The third kappa shape index (κ3) is 7.61. The molecule has 2 rings (SSSR count). The van der Waals surface area contributed by atoms with Crippen LogP contribution in [-0.4, -0.2) is 81.6 Å². The first-order valence-corrected chi connectivity index (χ1v) is 12.8. The fourth-order valence-electron chi connectivity index (χ4n) is 3.87. The predicted molar refractivity (Wildman–Crippen MR) is 127 cm³/mol. The number of methoxy groups -OCH3 is 1. The summed E-state index contributed by atoms with van der Waals surface area (Å²) in [5, 5.41) is 5.43. The standard InChI is InChI=1S/C22H31ClN4O5S/c1-5-11-24-20(28)14-25-21(29)15-27(33(4,30)31)17-9-12-26(13-10-17)16(2)18-7-6-8-19(32-3)22(18)23/h1,6-8,16-17H,9-15H2,2-4H3,(H,24,28)(H,25,29). The van der Waals surface area contributed by atoms with Gasteiger partial charge < -0.3 is 15.4 Å². The molecule has 0 aliphatic carbocycles. The van der Waals surface area contributed by atoms with Gasteiger partial charge in [-0.25, -0.2) is 8.42 Å². The molecule has 2 N–H and O–H groups in total. The topological polar surface area (TPSA) is 108 Å². The summed E-state index contributed by atoms with van der Waals surface area (Å²) in [6.45, 7) is 2.78. The second-order valence-corrected chi connectivity index (χ2v) is 10.2. The Kier molecular flexibility index (Phi) is 9.98. The molecular weight excluding hydrogens is 468 g/mol. The van der Waals surface area contributed by atoms with Gasteiger partial charge in [-0.15, -0.1) is 6.42 Å². The third-order valence-electron chi connectivity index (χ3n) is 5.68. The van der Waals surface area contributed by atoms with Gasteiger partial charge in [0.1, 0.15) is 5.75 Å². The number of benzene rings is 1. The van der Waals surface area contributed by atoms with E-state index in [2.05, 4.69) is 21.5 Å². The minimum absolute atomic E-state index is 0.0186. The molecule has 1 aliphatic heterocycles. The summed E-state index contributed by atoms with van der Waals surface area (Å²) in [4.78, 5) is 26.1. The van der Waals surface area contributed by atoms with Crippen LogP contribution in [0.4, 0.5) is 0 Å². The molecular formula is C22H31ClN4O5S. The highest BCUT2D eigenvalue weighted by molar-refractivity contribution is 7.88. The van der Waals surface area contributed by atoms with Crippen molar-refractivity contribution in [1.82, 2.24) is 19.8 Å². The first-order chi connectivity index (χ1) is 15.6. The van der Waals surface area contributed by atoms with E-state index in [1.807, 2.05) is 19.1 Å². The maximum absolute atomic E-state index is 12.4. The molecule has 33 heavy (non-hydrogen) atoms. The Bertz CT molecular complexity index is 987. The van der Waals surface area contributed by atoms with Gasteiger partial charge in [0, 0.05) is 25.2 Å². The van der Waals surface area contributed by atoms with Crippen molar-refractivity contribution < 1.29 is 22.7 Å². The van der Waals surface area contributed by atoms with Gasteiger partial charge in [-0.3, -0.25) is 14.5 Å². The molecule has 2 amide bonds. The minimum atomic E-state index is -3.63. The minimum Gasteiger partial charge on any atom is -0.495 e. The van der Waals surface area contributed by atoms with Crippen LogP contribution in [0.2, 0.25) is 5.02 Å². The first-order valence-electron chi connectivity index (χ1n) is 10.6. The van der Waals surface area contributed by atoms with E-state index < -0.39 is 21.8 Å². The molecule has 1 heterocycles. The number of ether oxygens (including phenoxy) is 1. The van der Waals surface area contributed by atoms with Crippen LogP contribution in [0.25, 0.3) is 0 Å². The number of carbonyl (C=O) groups excluding carboxylic acids is 2. The maximum atomic E-state index is 12.4. The molecule has 1 aromatic rings. The maximum Gasteiger partial charge on any atom is 0.240 e. The molecule has 1 aromatic carbocycles. The Hall–Kier alpha value is -2.32. The number of nitrogens with one attached hydrogen (secondary N) is 2. The second kappa shape index (κ2) is 12.2. The Labute approximate surface area is 200 Å². The number of rotatable bonds is 10. The number of sulfonamides is 1. The zero-order valence-corrected chi connectivity index (χ0v) is 20.7. The van der Waals surface area contributed by atoms with Gasteiger partial charge in [0.15, 0.2) is 0 Å².